The summed E-state index contributed by atoms with van der Waals surface area (Å²) in [7, 11) is 0. The highest BCUT2D eigenvalue weighted by molar-refractivity contribution is 5.94. The first-order valence-corrected chi connectivity index (χ1v) is 9.20. The Kier molecular flexibility index (Phi) is 5.59. The zero-order valence-corrected chi connectivity index (χ0v) is 14.2. The Morgan fingerprint density at radius 1 is 1.17 bits per heavy atom. The third-order valence-corrected chi connectivity index (χ3v) is 5.62. The van der Waals surface area contributed by atoms with Gasteiger partial charge in [-0.05, 0) is 45.4 Å². The summed E-state index contributed by atoms with van der Waals surface area (Å²) in [6.45, 7) is 4.56. The third kappa shape index (κ3) is 4.07. The number of amides is 1. The van der Waals surface area contributed by atoms with Crippen molar-refractivity contribution >= 4 is 5.91 Å². The van der Waals surface area contributed by atoms with E-state index >= 15 is 0 Å². The number of rotatable bonds is 3. The van der Waals surface area contributed by atoms with Gasteiger partial charge in [-0.15, -0.1) is 0 Å². The number of hydrogen-bond donors (Lipinski definition) is 2. The summed E-state index contributed by atoms with van der Waals surface area (Å²) in [6, 6.07) is 0.582. The lowest BCUT2D eigenvalue weighted by molar-refractivity contribution is -0.119. The molecular formula is C18H30N2O3. The highest BCUT2D eigenvalue weighted by Crippen LogP contribution is 2.26. The van der Waals surface area contributed by atoms with Crippen molar-refractivity contribution in [3.63, 3.8) is 0 Å². The van der Waals surface area contributed by atoms with Gasteiger partial charge in [0.05, 0.1) is 18.3 Å². The van der Waals surface area contributed by atoms with E-state index in [1.54, 1.807) is 0 Å². The van der Waals surface area contributed by atoms with Crippen LogP contribution in [0.1, 0.15) is 58.3 Å². The van der Waals surface area contributed by atoms with E-state index in [2.05, 4.69) is 10.2 Å². The number of carbonyl (C=O) groups is 1. The van der Waals surface area contributed by atoms with Crippen LogP contribution in [0.15, 0.2) is 11.3 Å². The summed E-state index contributed by atoms with van der Waals surface area (Å²) in [5.41, 5.74) is 0.821. The van der Waals surface area contributed by atoms with Gasteiger partial charge in [0, 0.05) is 25.2 Å². The average molecular weight is 322 g/mol. The van der Waals surface area contributed by atoms with Crippen LogP contribution in [0.4, 0.5) is 0 Å². The van der Waals surface area contributed by atoms with Crippen LogP contribution in [-0.2, 0) is 9.53 Å². The first-order chi connectivity index (χ1) is 11.1. The minimum Gasteiger partial charge on any atom is -0.498 e. The van der Waals surface area contributed by atoms with Crippen molar-refractivity contribution in [1.82, 2.24) is 10.2 Å². The lowest BCUT2D eigenvalue weighted by Gasteiger charge is -2.41. The van der Waals surface area contributed by atoms with Gasteiger partial charge in [-0.3, -0.25) is 9.69 Å². The lowest BCUT2D eigenvalue weighted by Crippen LogP contribution is -2.52. The second-order valence-corrected chi connectivity index (χ2v) is 7.19. The molecule has 1 aliphatic carbocycles. The molecule has 5 heteroatoms. The molecule has 23 heavy (non-hydrogen) atoms. The number of carbonyl (C=O) groups excluding carboxylic acids is 1. The van der Waals surface area contributed by atoms with E-state index < -0.39 is 0 Å². The Balaban J connectivity index is 1.48. The Morgan fingerprint density at radius 3 is 2.61 bits per heavy atom. The van der Waals surface area contributed by atoms with Crippen LogP contribution in [0.5, 0.6) is 0 Å². The van der Waals surface area contributed by atoms with Gasteiger partial charge in [0.1, 0.15) is 5.76 Å². The molecule has 3 rings (SSSR count). The summed E-state index contributed by atoms with van der Waals surface area (Å²) in [4.78, 5) is 14.8. The zero-order valence-electron chi connectivity index (χ0n) is 14.2. The van der Waals surface area contributed by atoms with Crippen LogP contribution >= 0.6 is 0 Å². The van der Waals surface area contributed by atoms with Crippen LogP contribution in [0.2, 0.25) is 0 Å². The summed E-state index contributed by atoms with van der Waals surface area (Å²) >= 11 is 0. The van der Waals surface area contributed by atoms with Crippen molar-refractivity contribution in [2.45, 2.75) is 76.5 Å². The van der Waals surface area contributed by atoms with Crippen molar-refractivity contribution in [1.29, 1.82) is 0 Å². The summed E-state index contributed by atoms with van der Waals surface area (Å²) in [6.07, 6.45) is 7.97. The van der Waals surface area contributed by atoms with Gasteiger partial charge in [0.15, 0.2) is 0 Å². The molecule has 0 aromatic carbocycles. The first kappa shape index (κ1) is 16.8. The number of likely N-dealkylation sites (tertiary alicyclic amines) is 1. The van der Waals surface area contributed by atoms with Crippen LogP contribution in [0, 0.1) is 0 Å². The van der Waals surface area contributed by atoms with Gasteiger partial charge in [0.25, 0.3) is 5.91 Å². The molecule has 5 nitrogen and oxygen atoms in total. The number of allylic oxidation sites excluding steroid dienone is 1. The van der Waals surface area contributed by atoms with Gasteiger partial charge < -0.3 is 15.2 Å². The number of piperidine rings is 1. The molecule has 2 atom stereocenters. The quantitative estimate of drug-likeness (QED) is 0.834. The smallest absolute Gasteiger partial charge is 0.250 e. The molecule has 2 heterocycles. The highest BCUT2D eigenvalue weighted by Gasteiger charge is 2.32. The maximum Gasteiger partial charge on any atom is 0.250 e. The zero-order chi connectivity index (χ0) is 16.2. The largest absolute Gasteiger partial charge is 0.498 e. The van der Waals surface area contributed by atoms with E-state index in [1.807, 2.05) is 6.92 Å². The fourth-order valence-corrected chi connectivity index (χ4v) is 4.18. The van der Waals surface area contributed by atoms with Crippen molar-refractivity contribution in [3.8, 4) is 0 Å². The Bertz CT molecular complexity index is 455. The maximum absolute atomic E-state index is 12.4. The normalized spacial score (nSPS) is 30.9. The molecule has 0 aromatic rings. The van der Waals surface area contributed by atoms with Crippen molar-refractivity contribution in [2.75, 3.05) is 19.7 Å². The molecule has 1 saturated carbocycles. The number of nitrogens with one attached hydrogen (secondary N) is 1. The molecule has 1 saturated heterocycles. The number of hydrogen-bond acceptors (Lipinski definition) is 4. The molecule has 130 valence electrons. The first-order valence-electron chi connectivity index (χ1n) is 9.20. The minimum atomic E-state index is -0.165. The van der Waals surface area contributed by atoms with Gasteiger partial charge in [-0.1, -0.05) is 12.8 Å². The SMILES string of the molecule is CC1=C(C(=O)NC2CCN(C3CCCCC3O)CC2)CCCO1. The second kappa shape index (κ2) is 7.67. The second-order valence-electron chi connectivity index (χ2n) is 7.19. The fourth-order valence-electron chi connectivity index (χ4n) is 4.18. The summed E-state index contributed by atoms with van der Waals surface area (Å²) in [5.74, 6) is 0.842. The molecule has 1 amide bonds. The van der Waals surface area contributed by atoms with Crippen LogP contribution in [0.25, 0.3) is 0 Å². The van der Waals surface area contributed by atoms with E-state index in [0.29, 0.717) is 6.04 Å². The van der Waals surface area contributed by atoms with E-state index in [4.69, 9.17) is 4.74 Å². The third-order valence-electron chi connectivity index (χ3n) is 5.62. The molecule has 0 bridgehead atoms. The monoisotopic (exact) mass is 322 g/mol. The van der Waals surface area contributed by atoms with Gasteiger partial charge >= 0.3 is 0 Å². The highest BCUT2D eigenvalue weighted by atomic mass is 16.5. The molecule has 0 radical (unpaired) electrons. The van der Waals surface area contributed by atoms with Crippen molar-refractivity contribution in [2.24, 2.45) is 0 Å². The minimum absolute atomic E-state index is 0.0540. The van der Waals surface area contributed by atoms with E-state index in [1.165, 1.54) is 6.42 Å². The fraction of sp³-hybridized carbons (Fsp3) is 0.833. The number of aliphatic hydroxyl groups excluding tert-OH is 1. The molecular weight excluding hydrogens is 292 g/mol. The van der Waals surface area contributed by atoms with Crippen LogP contribution < -0.4 is 5.32 Å². The van der Waals surface area contributed by atoms with Gasteiger partial charge in [-0.25, -0.2) is 0 Å². The molecule has 2 fully saturated rings. The Labute approximate surface area is 139 Å². The molecule has 3 aliphatic rings. The predicted octanol–water partition coefficient (Wildman–Crippen LogP) is 1.95. The predicted molar refractivity (Wildman–Crippen MR) is 88.9 cm³/mol. The molecule has 2 N–H and O–H groups in total. The van der Waals surface area contributed by atoms with E-state index in [0.717, 1.165) is 76.0 Å². The molecule has 0 aromatic heterocycles. The van der Waals surface area contributed by atoms with E-state index in [9.17, 15) is 9.90 Å². The number of nitrogens with zero attached hydrogens (tertiary/aromatic N) is 1. The Hall–Kier alpha value is -1.07. The lowest BCUT2D eigenvalue weighted by atomic mass is 9.89. The average Bonchev–Trinajstić information content (AvgIpc) is 2.56. The number of aliphatic hydroxyl groups is 1. The van der Waals surface area contributed by atoms with Crippen molar-refractivity contribution < 1.29 is 14.6 Å². The van der Waals surface area contributed by atoms with E-state index in [-0.39, 0.29) is 18.1 Å². The van der Waals surface area contributed by atoms with Crippen LogP contribution in [0.3, 0.4) is 0 Å². The standard InChI is InChI=1S/C18H30N2O3/c1-13-15(5-4-12-23-13)18(22)19-14-8-10-20(11-9-14)16-6-2-3-7-17(16)21/h14,16-17,21H,2-12H2,1H3,(H,19,22). The molecule has 2 unspecified atom stereocenters. The van der Waals surface area contributed by atoms with Crippen molar-refractivity contribution in [3.05, 3.63) is 11.3 Å². The van der Waals surface area contributed by atoms with Gasteiger partial charge in [0.2, 0.25) is 0 Å². The van der Waals surface area contributed by atoms with Crippen LogP contribution in [-0.4, -0.2) is 53.8 Å². The molecule has 2 aliphatic heterocycles. The summed E-state index contributed by atoms with van der Waals surface area (Å²) in [5, 5.41) is 13.4. The summed E-state index contributed by atoms with van der Waals surface area (Å²) < 4.78 is 5.49. The Morgan fingerprint density at radius 2 is 1.91 bits per heavy atom. The maximum atomic E-state index is 12.4. The number of ether oxygens (including phenoxy) is 1. The van der Waals surface area contributed by atoms with Gasteiger partial charge in [-0.2, -0.15) is 0 Å². The topological polar surface area (TPSA) is 61.8 Å². The molecule has 0 spiro atoms.